The van der Waals surface area contributed by atoms with Gasteiger partial charge in [-0.25, -0.2) is 4.79 Å². The van der Waals surface area contributed by atoms with Crippen molar-refractivity contribution >= 4 is 17.6 Å². The summed E-state index contributed by atoms with van der Waals surface area (Å²) >= 11 is 0. The average Bonchev–Trinajstić information content (AvgIpc) is 2.98. The molecule has 0 aliphatic rings. The second-order valence-corrected chi connectivity index (χ2v) is 6.41. The number of unbranched alkanes of at least 4 members (excludes halogenated alkanes) is 1. The van der Waals surface area contributed by atoms with Gasteiger partial charge in [0.1, 0.15) is 18.1 Å². The Morgan fingerprint density at radius 2 is 1.86 bits per heavy atom. The number of esters is 1. The highest BCUT2D eigenvalue weighted by molar-refractivity contribution is 6.07. The van der Waals surface area contributed by atoms with Gasteiger partial charge in [-0.05, 0) is 38.0 Å². The molecule has 0 bridgehead atoms. The summed E-state index contributed by atoms with van der Waals surface area (Å²) < 4.78 is 15.8. The van der Waals surface area contributed by atoms with Gasteiger partial charge in [0.25, 0.3) is 5.91 Å². The summed E-state index contributed by atoms with van der Waals surface area (Å²) in [7, 11) is 1.53. The van der Waals surface area contributed by atoms with Crippen molar-refractivity contribution in [3.63, 3.8) is 0 Å². The van der Waals surface area contributed by atoms with Crippen LogP contribution in [0.4, 0.5) is 5.69 Å². The van der Waals surface area contributed by atoms with E-state index < -0.39 is 5.97 Å². The van der Waals surface area contributed by atoms with Gasteiger partial charge in [0.05, 0.1) is 24.5 Å². The van der Waals surface area contributed by atoms with Gasteiger partial charge < -0.3 is 24.5 Å². The molecule has 0 spiro atoms. The minimum Gasteiger partial charge on any atom is -0.491 e. The monoisotopic (exact) mass is 388 g/mol. The van der Waals surface area contributed by atoms with Gasteiger partial charge in [-0.3, -0.25) is 4.79 Å². The van der Waals surface area contributed by atoms with Gasteiger partial charge in [-0.1, -0.05) is 25.5 Å². The highest BCUT2D eigenvalue weighted by Gasteiger charge is 2.23. The first kappa shape index (κ1) is 21.5. The summed E-state index contributed by atoms with van der Waals surface area (Å²) in [5.74, 6) is -0.210. The van der Waals surface area contributed by atoms with Crippen LogP contribution < -0.4 is 10.1 Å². The number of carbonyl (C=O) groups is 2. The van der Waals surface area contributed by atoms with Gasteiger partial charge in [-0.15, -0.1) is 0 Å². The van der Waals surface area contributed by atoms with Crippen LogP contribution >= 0.6 is 0 Å². The highest BCUT2D eigenvalue weighted by atomic mass is 16.6. The smallest absolute Gasteiger partial charge is 0.340 e. The molecule has 7 heteroatoms. The van der Waals surface area contributed by atoms with Crippen molar-refractivity contribution in [2.75, 3.05) is 32.2 Å². The quantitative estimate of drug-likeness (QED) is 0.476. The molecule has 1 heterocycles. The zero-order chi connectivity index (χ0) is 20.5. The first-order valence-corrected chi connectivity index (χ1v) is 9.38. The molecule has 0 unspecified atom stereocenters. The Morgan fingerprint density at radius 3 is 2.57 bits per heavy atom. The molecule has 0 fully saturated rings. The number of nitrogens with one attached hydrogen (secondary N) is 2. The number of aromatic nitrogens is 1. The molecule has 0 saturated heterocycles. The van der Waals surface area contributed by atoms with Crippen LogP contribution in [0.2, 0.25) is 0 Å². The van der Waals surface area contributed by atoms with E-state index in [2.05, 4.69) is 17.2 Å². The van der Waals surface area contributed by atoms with Crippen molar-refractivity contribution in [3.05, 3.63) is 46.8 Å². The highest BCUT2D eigenvalue weighted by Crippen LogP contribution is 2.26. The standard InChI is InChI=1S/C21H28N2O5/c1-5-6-11-27-17-10-8-7-9-16(17)23-20(24)19-14(2)18(15(3)22-19)21(25)28-13-12-26-4/h7-10,22H,5-6,11-13H2,1-4H3,(H,23,24). The van der Waals surface area contributed by atoms with E-state index in [-0.39, 0.29) is 12.5 Å². The van der Waals surface area contributed by atoms with Gasteiger partial charge in [0.15, 0.2) is 0 Å². The Labute approximate surface area is 165 Å². The molecule has 0 radical (unpaired) electrons. The van der Waals surface area contributed by atoms with Crippen LogP contribution in [-0.2, 0) is 9.47 Å². The van der Waals surface area contributed by atoms with E-state index in [0.717, 1.165) is 12.8 Å². The number of anilines is 1. The molecule has 1 aromatic carbocycles. The van der Waals surface area contributed by atoms with Crippen LogP contribution in [0.25, 0.3) is 0 Å². The lowest BCUT2D eigenvalue weighted by atomic mass is 10.1. The fraction of sp³-hybridized carbons (Fsp3) is 0.429. The first-order chi connectivity index (χ1) is 13.5. The van der Waals surface area contributed by atoms with Crippen LogP contribution in [-0.4, -0.2) is 43.8 Å². The maximum atomic E-state index is 12.8. The van der Waals surface area contributed by atoms with E-state index in [4.69, 9.17) is 14.2 Å². The van der Waals surface area contributed by atoms with Crippen LogP contribution in [0.3, 0.4) is 0 Å². The lowest BCUT2D eigenvalue weighted by molar-refractivity contribution is 0.0387. The molecule has 1 amide bonds. The molecule has 2 N–H and O–H groups in total. The van der Waals surface area contributed by atoms with Crippen LogP contribution in [0, 0.1) is 13.8 Å². The van der Waals surface area contributed by atoms with Crippen molar-refractivity contribution in [1.82, 2.24) is 4.98 Å². The zero-order valence-corrected chi connectivity index (χ0v) is 16.9. The van der Waals surface area contributed by atoms with E-state index in [1.807, 2.05) is 18.2 Å². The lowest BCUT2D eigenvalue weighted by Crippen LogP contribution is -2.15. The van der Waals surface area contributed by atoms with Crippen LogP contribution in [0.15, 0.2) is 24.3 Å². The summed E-state index contributed by atoms with van der Waals surface area (Å²) in [6.45, 7) is 6.60. The number of methoxy groups -OCH3 is 1. The number of amides is 1. The maximum absolute atomic E-state index is 12.8. The Kier molecular flexibility index (Phi) is 8.07. The fourth-order valence-electron chi connectivity index (χ4n) is 2.78. The van der Waals surface area contributed by atoms with Gasteiger partial charge >= 0.3 is 5.97 Å². The predicted octanol–water partition coefficient (Wildman–Crippen LogP) is 3.87. The summed E-state index contributed by atoms with van der Waals surface area (Å²) in [4.78, 5) is 28.1. The fourth-order valence-corrected chi connectivity index (χ4v) is 2.78. The van der Waals surface area contributed by atoms with Gasteiger partial charge in [0, 0.05) is 12.8 Å². The SMILES string of the molecule is CCCCOc1ccccc1NC(=O)c1[nH]c(C)c(C(=O)OCCOC)c1C. The molecule has 7 nitrogen and oxygen atoms in total. The van der Waals surface area contributed by atoms with E-state index in [9.17, 15) is 9.59 Å². The molecule has 0 atom stereocenters. The van der Waals surface area contributed by atoms with Crippen molar-refractivity contribution in [3.8, 4) is 5.75 Å². The molecule has 28 heavy (non-hydrogen) atoms. The molecule has 152 valence electrons. The van der Waals surface area contributed by atoms with Crippen LogP contribution in [0.5, 0.6) is 5.75 Å². The van der Waals surface area contributed by atoms with Crippen molar-refractivity contribution in [1.29, 1.82) is 0 Å². The number of ether oxygens (including phenoxy) is 3. The third-order valence-corrected chi connectivity index (χ3v) is 4.28. The van der Waals surface area contributed by atoms with E-state index >= 15 is 0 Å². The Balaban J connectivity index is 2.15. The summed E-state index contributed by atoms with van der Waals surface area (Å²) in [5, 5.41) is 2.86. The first-order valence-electron chi connectivity index (χ1n) is 9.38. The minimum atomic E-state index is -0.481. The molecule has 2 aromatic rings. The molecular weight excluding hydrogens is 360 g/mol. The number of rotatable bonds is 10. The number of hydrogen-bond acceptors (Lipinski definition) is 5. The largest absolute Gasteiger partial charge is 0.491 e. The number of H-pyrrole nitrogens is 1. The Hall–Kier alpha value is -2.80. The number of benzene rings is 1. The van der Waals surface area contributed by atoms with Crippen molar-refractivity contribution in [2.24, 2.45) is 0 Å². The topological polar surface area (TPSA) is 89.7 Å². The Bertz CT molecular complexity index is 813. The number of aryl methyl sites for hydroxylation is 1. The molecule has 0 aliphatic carbocycles. The molecule has 0 saturated carbocycles. The second kappa shape index (κ2) is 10.5. The van der Waals surface area contributed by atoms with Crippen LogP contribution in [0.1, 0.15) is 51.9 Å². The van der Waals surface area contributed by atoms with E-state index in [0.29, 0.717) is 47.2 Å². The maximum Gasteiger partial charge on any atom is 0.340 e. The van der Waals surface area contributed by atoms with Gasteiger partial charge in [0.2, 0.25) is 0 Å². The lowest BCUT2D eigenvalue weighted by Gasteiger charge is -2.12. The number of carbonyl (C=O) groups excluding carboxylic acids is 2. The summed E-state index contributed by atoms with van der Waals surface area (Å²) in [5.41, 5.74) is 2.40. The van der Waals surface area contributed by atoms with Crippen molar-refractivity contribution < 1.29 is 23.8 Å². The van der Waals surface area contributed by atoms with E-state index in [1.54, 1.807) is 19.9 Å². The second-order valence-electron chi connectivity index (χ2n) is 6.41. The Morgan fingerprint density at radius 1 is 1.11 bits per heavy atom. The summed E-state index contributed by atoms with van der Waals surface area (Å²) in [6.07, 6.45) is 1.96. The molecule has 2 rings (SSSR count). The third kappa shape index (κ3) is 5.36. The normalized spacial score (nSPS) is 10.6. The van der Waals surface area contributed by atoms with Gasteiger partial charge in [-0.2, -0.15) is 0 Å². The van der Waals surface area contributed by atoms with Crippen molar-refractivity contribution in [2.45, 2.75) is 33.6 Å². The third-order valence-electron chi connectivity index (χ3n) is 4.28. The minimum absolute atomic E-state index is 0.156. The zero-order valence-electron chi connectivity index (χ0n) is 16.9. The molecule has 0 aliphatic heterocycles. The predicted molar refractivity (Wildman–Crippen MR) is 107 cm³/mol. The molecular formula is C21H28N2O5. The summed E-state index contributed by atoms with van der Waals surface area (Å²) in [6, 6.07) is 7.28. The number of hydrogen-bond donors (Lipinski definition) is 2. The molecule has 1 aromatic heterocycles. The van der Waals surface area contributed by atoms with E-state index in [1.165, 1.54) is 7.11 Å². The average molecular weight is 388 g/mol. The number of para-hydroxylation sites is 2. The number of aromatic amines is 1.